The molecule has 1 aliphatic heterocycles. The highest BCUT2D eigenvalue weighted by Crippen LogP contribution is 2.54. The number of amides is 1. The lowest BCUT2D eigenvalue weighted by Gasteiger charge is -2.35. The van der Waals surface area contributed by atoms with E-state index in [2.05, 4.69) is 17.1 Å². The van der Waals surface area contributed by atoms with E-state index in [0.717, 1.165) is 59.0 Å². The van der Waals surface area contributed by atoms with E-state index in [1.807, 2.05) is 45.0 Å². The van der Waals surface area contributed by atoms with Gasteiger partial charge in [0.25, 0.3) is 0 Å². The van der Waals surface area contributed by atoms with Crippen molar-refractivity contribution in [3.05, 3.63) is 35.4 Å². The van der Waals surface area contributed by atoms with Crippen LogP contribution in [-0.4, -0.2) is 43.5 Å². The van der Waals surface area contributed by atoms with Crippen molar-refractivity contribution in [1.29, 1.82) is 0 Å². The van der Waals surface area contributed by atoms with Crippen LogP contribution in [-0.2, 0) is 22.5 Å². The van der Waals surface area contributed by atoms with Crippen LogP contribution in [0.15, 0.2) is 34.1 Å². The molecule has 3 rings (SSSR count). The summed E-state index contributed by atoms with van der Waals surface area (Å²) in [7, 11) is 3.15. The molecule has 2 N–H and O–H groups in total. The summed E-state index contributed by atoms with van der Waals surface area (Å²) in [4.78, 5) is 28.3. The summed E-state index contributed by atoms with van der Waals surface area (Å²) in [5.74, 6) is 0.254. The second-order valence-electron chi connectivity index (χ2n) is 9.93. The van der Waals surface area contributed by atoms with Gasteiger partial charge in [-0.3, -0.25) is 4.79 Å². The number of hydrogen-bond acceptors (Lipinski definition) is 7. The Morgan fingerprint density at radius 3 is 2.08 bits per heavy atom. The maximum absolute atomic E-state index is 12.5. The minimum absolute atomic E-state index is 0.159. The number of nitrogens with one attached hydrogen (secondary N) is 1. The van der Waals surface area contributed by atoms with Crippen LogP contribution in [0, 0.1) is 0 Å². The molecule has 0 aliphatic carbocycles. The molecular weight excluding hydrogens is 492 g/mol. The number of nitrogens with zero attached hydrogens (tertiary/aromatic N) is 1. The van der Waals surface area contributed by atoms with Gasteiger partial charge in [0.05, 0.1) is 38.6 Å². The monoisotopic (exact) mass is 530 g/mol. The summed E-state index contributed by atoms with van der Waals surface area (Å²) in [6, 6.07) is 7.79. The fourth-order valence-electron chi connectivity index (χ4n) is 4.36. The molecule has 8 nitrogen and oxygen atoms in total. The van der Waals surface area contributed by atoms with Crippen molar-refractivity contribution in [2.24, 2.45) is 0 Å². The van der Waals surface area contributed by atoms with E-state index in [1.54, 1.807) is 14.2 Å². The number of carbonyl (C=O) groups is 2. The Labute approximate surface area is 223 Å². The van der Waals surface area contributed by atoms with Crippen LogP contribution in [0.2, 0.25) is 0 Å². The van der Waals surface area contributed by atoms with Gasteiger partial charge in [-0.1, -0.05) is 37.9 Å². The molecule has 0 saturated carbocycles. The van der Waals surface area contributed by atoms with Crippen molar-refractivity contribution >= 4 is 35.2 Å². The van der Waals surface area contributed by atoms with Crippen LogP contribution in [0.5, 0.6) is 11.5 Å². The van der Waals surface area contributed by atoms with Gasteiger partial charge in [-0.25, -0.2) is 4.79 Å². The minimum Gasteiger partial charge on any atom is -0.496 e. The number of carboxylic acids is 1. The first kappa shape index (κ1) is 28.5. The van der Waals surface area contributed by atoms with Crippen molar-refractivity contribution < 1.29 is 28.9 Å². The van der Waals surface area contributed by atoms with Crippen LogP contribution >= 0.6 is 11.8 Å². The molecule has 1 amide bonds. The van der Waals surface area contributed by atoms with E-state index in [0.29, 0.717) is 17.1 Å². The molecule has 0 unspecified atom stereocenters. The van der Waals surface area contributed by atoms with Crippen LogP contribution in [0.3, 0.4) is 0 Å². The average molecular weight is 531 g/mol. The molecule has 0 spiro atoms. The number of carbonyl (C=O) groups excluding carboxylic acids is 1. The Morgan fingerprint density at radius 1 is 0.946 bits per heavy atom. The highest BCUT2D eigenvalue weighted by Gasteiger charge is 2.31. The highest BCUT2D eigenvalue weighted by atomic mass is 32.2. The minimum atomic E-state index is -0.926. The largest absolute Gasteiger partial charge is 0.496 e. The van der Waals surface area contributed by atoms with Gasteiger partial charge < -0.3 is 29.5 Å². The third-order valence-electron chi connectivity index (χ3n) is 5.99. The van der Waals surface area contributed by atoms with Crippen molar-refractivity contribution in [3.8, 4) is 11.5 Å². The Hall–Kier alpha value is -3.07. The number of carboxylic acid groups (broad SMARTS) is 1. The van der Waals surface area contributed by atoms with Gasteiger partial charge in [-0.05, 0) is 51.5 Å². The molecule has 9 heteroatoms. The molecule has 202 valence electrons. The molecule has 0 bridgehead atoms. The first-order chi connectivity index (χ1) is 17.6. The van der Waals surface area contributed by atoms with Gasteiger partial charge in [0.2, 0.25) is 0 Å². The second-order valence-corrected chi connectivity index (χ2v) is 11.0. The van der Waals surface area contributed by atoms with Crippen molar-refractivity contribution in [2.75, 3.05) is 25.7 Å². The van der Waals surface area contributed by atoms with Crippen molar-refractivity contribution in [1.82, 2.24) is 5.32 Å². The highest BCUT2D eigenvalue weighted by molar-refractivity contribution is 7.99. The lowest BCUT2D eigenvalue weighted by Crippen LogP contribution is -2.32. The molecule has 2 aromatic rings. The van der Waals surface area contributed by atoms with Crippen LogP contribution < -0.4 is 19.7 Å². The maximum atomic E-state index is 12.5. The SMILES string of the molecule is CCCCCCN1c2ccc(OC)c(CNC(=O)OC(C)(C)C)c2Sc2c1ccc(OC)c2CC(=O)O. The number of fused-ring (bicyclic) bond motifs is 2. The normalized spacial score (nSPS) is 12.4. The topological polar surface area (TPSA) is 97.3 Å². The second kappa shape index (κ2) is 12.4. The molecule has 0 saturated heterocycles. The summed E-state index contributed by atoms with van der Waals surface area (Å²) in [6.07, 6.45) is 3.72. The Kier molecular flexibility index (Phi) is 9.59. The zero-order chi connectivity index (χ0) is 27.2. The summed E-state index contributed by atoms with van der Waals surface area (Å²) >= 11 is 1.49. The van der Waals surface area contributed by atoms with Crippen LogP contribution in [0.25, 0.3) is 0 Å². The first-order valence-corrected chi connectivity index (χ1v) is 13.4. The van der Waals surface area contributed by atoms with Crippen LogP contribution in [0.1, 0.15) is 64.5 Å². The third-order valence-corrected chi connectivity index (χ3v) is 7.31. The molecule has 1 aliphatic rings. The van der Waals surface area contributed by atoms with Crippen molar-refractivity contribution in [3.63, 3.8) is 0 Å². The van der Waals surface area contributed by atoms with Crippen LogP contribution in [0.4, 0.5) is 16.2 Å². The molecule has 37 heavy (non-hydrogen) atoms. The Bertz CT molecular complexity index is 1130. The van der Waals surface area contributed by atoms with E-state index in [9.17, 15) is 14.7 Å². The number of anilines is 2. The standard InChI is InChI=1S/C28H38N2O6S/c1-7-8-9-10-15-30-20-11-13-22(34-5)18(16-24(31)32)25(20)37-26-19(23(35-6)14-12-21(26)30)17-29-27(33)36-28(2,3)4/h11-14H,7-10,15-17H2,1-6H3,(H,29,33)(H,31,32). The quantitative estimate of drug-likeness (QED) is 0.316. The zero-order valence-corrected chi connectivity index (χ0v) is 23.4. The molecule has 0 atom stereocenters. The summed E-state index contributed by atoms with van der Waals surface area (Å²) in [6.45, 7) is 8.62. The Balaban J connectivity index is 2.09. The van der Waals surface area contributed by atoms with Crippen molar-refractivity contribution in [2.45, 2.75) is 81.7 Å². The fraction of sp³-hybridized carbons (Fsp3) is 0.500. The van der Waals surface area contributed by atoms with Gasteiger partial charge in [0, 0.05) is 27.5 Å². The molecule has 2 aromatic carbocycles. The molecule has 0 fully saturated rings. The maximum Gasteiger partial charge on any atom is 0.407 e. The molecule has 0 radical (unpaired) electrons. The molecule has 1 heterocycles. The third kappa shape index (κ3) is 7.03. The van der Waals surface area contributed by atoms with Gasteiger partial charge in [0.15, 0.2) is 0 Å². The first-order valence-electron chi connectivity index (χ1n) is 12.6. The fourth-order valence-corrected chi connectivity index (χ4v) is 5.72. The zero-order valence-electron chi connectivity index (χ0n) is 22.6. The number of hydrogen-bond donors (Lipinski definition) is 2. The summed E-state index contributed by atoms with van der Waals surface area (Å²) < 4.78 is 16.7. The smallest absolute Gasteiger partial charge is 0.407 e. The van der Waals surface area contributed by atoms with E-state index in [-0.39, 0.29) is 13.0 Å². The number of ether oxygens (including phenoxy) is 3. The van der Waals surface area contributed by atoms with E-state index in [1.165, 1.54) is 11.8 Å². The van der Waals surface area contributed by atoms with E-state index < -0.39 is 17.7 Å². The predicted octanol–water partition coefficient (Wildman–Crippen LogP) is 6.54. The molecular formula is C28H38N2O6S. The number of alkyl carbamates (subject to hydrolysis) is 1. The van der Waals surface area contributed by atoms with Gasteiger partial charge in [-0.2, -0.15) is 0 Å². The average Bonchev–Trinajstić information content (AvgIpc) is 2.83. The molecule has 0 aromatic heterocycles. The lowest BCUT2D eigenvalue weighted by molar-refractivity contribution is -0.136. The number of benzene rings is 2. The number of methoxy groups -OCH3 is 2. The van der Waals surface area contributed by atoms with Gasteiger partial charge in [-0.15, -0.1) is 0 Å². The summed E-state index contributed by atoms with van der Waals surface area (Å²) in [5.41, 5.74) is 2.79. The Morgan fingerprint density at radius 2 is 1.54 bits per heavy atom. The van der Waals surface area contributed by atoms with E-state index in [4.69, 9.17) is 14.2 Å². The number of aliphatic carboxylic acids is 1. The lowest BCUT2D eigenvalue weighted by atomic mass is 10.1. The van der Waals surface area contributed by atoms with E-state index >= 15 is 0 Å². The summed E-state index contributed by atoms with van der Waals surface area (Å²) in [5, 5.41) is 12.5. The predicted molar refractivity (Wildman–Crippen MR) is 146 cm³/mol. The van der Waals surface area contributed by atoms with Gasteiger partial charge >= 0.3 is 12.1 Å². The number of unbranched alkanes of at least 4 members (excludes halogenated alkanes) is 3. The van der Waals surface area contributed by atoms with Gasteiger partial charge in [0.1, 0.15) is 17.1 Å². The number of rotatable bonds is 11.